The number of fused-ring (bicyclic) bond motifs is 1. The van der Waals surface area contributed by atoms with E-state index in [2.05, 4.69) is 23.8 Å². The summed E-state index contributed by atoms with van der Waals surface area (Å²) in [5.41, 5.74) is 8.08. The predicted octanol–water partition coefficient (Wildman–Crippen LogP) is 3.02. The van der Waals surface area contributed by atoms with Crippen molar-refractivity contribution in [1.82, 2.24) is 0 Å². The highest BCUT2D eigenvalue weighted by atomic mass is 14.9. The molecule has 0 aromatic rings. The Labute approximate surface area is 84.1 Å². The van der Waals surface area contributed by atoms with Crippen molar-refractivity contribution in [3.8, 4) is 0 Å². The Morgan fingerprint density at radius 1 is 0.929 bits per heavy atom. The van der Waals surface area contributed by atoms with Gasteiger partial charge < -0.3 is 0 Å². The lowest BCUT2D eigenvalue weighted by atomic mass is 9.92. The summed E-state index contributed by atoms with van der Waals surface area (Å²) in [5, 5.41) is 0. The second kappa shape index (κ2) is 2.66. The predicted molar refractivity (Wildman–Crippen MR) is 58.7 cm³/mol. The zero-order valence-corrected chi connectivity index (χ0v) is 8.72. The molecule has 0 amide bonds. The van der Waals surface area contributed by atoms with Crippen LogP contribution in [0.1, 0.15) is 39.5 Å². The first-order valence-corrected chi connectivity index (χ1v) is 5.27. The Bertz CT molecular complexity index is 433. The number of nitrogens with zero attached hydrogens (tertiary/aromatic N) is 2. The van der Waals surface area contributed by atoms with E-state index in [1.807, 2.05) is 0 Å². The van der Waals surface area contributed by atoms with Gasteiger partial charge in [-0.3, -0.25) is 9.98 Å². The molecule has 2 heterocycles. The largest absolute Gasteiger partial charge is 0.262 e. The lowest BCUT2D eigenvalue weighted by Crippen LogP contribution is -1.99. The second-order valence-corrected chi connectivity index (χ2v) is 4.43. The Balaban J connectivity index is 2.05. The Hall–Kier alpha value is -1.18. The first kappa shape index (κ1) is 8.16. The van der Waals surface area contributed by atoms with Crippen molar-refractivity contribution in [1.29, 1.82) is 0 Å². The lowest BCUT2D eigenvalue weighted by molar-refractivity contribution is 0.854. The topological polar surface area (TPSA) is 24.7 Å². The van der Waals surface area contributed by atoms with Gasteiger partial charge in [-0.2, -0.15) is 0 Å². The second-order valence-electron chi connectivity index (χ2n) is 4.43. The Kier molecular flexibility index (Phi) is 1.55. The normalized spacial score (nSPS) is 25.0. The number of hydrogen-bond donors (Lipinski definition) is 0. The van der Waals surface area contributed by atoms with Gasteiger partial charge in [-0.25, -0.2) is 0 Å². The van der Waals surface area contributed by atoms with Gasteiger partial charge in [-0.05, 0) is 32.3 Å². The first-order chi connectivity index (χ1) is 6.74. The maximum absolute atomic E-state index is 4.65. The van der Waals surface area contributed by atoms with Gasteiger partial charge in [0.05, 0.1) is 5.70 Å². The van der Waals surface area contributed by atoms with E-state index in [0.29, 0.717) is 0 Å². The number of allylic oxidation sites excluding steroid dienone is 3. The summed E-state index contributed by atoms with van der Waals surface area (Å²) in [6.45, 7) is 4.24. The molecule has 1 aliphatic carbocycles. The van der Waals surface area contributed by atoms with Gasteiger partial charge in [-0.1, -0.05) is 0 Å². The van der Waals surface area contributed by atoms with Gasteiger partial charge in [0, 0.05) is 35.5 Å². The summed E-state index contributed by atoms with van der Waals surface area (Å²) in [6, 6.07) is 0. The van der Waals surface area contributed by atoms with Crippen LogP contribution >= 0.6 is 0 Å². The lowest BCUT2D eigenvalue weighted by Gasteiger charge is -2.14. The molecule has 0 aromatic carbocycles. The smallest absolute Gasteiger partial charge is 0.0678 e. The van der Waals surface area contributed by atoms with Gasteiger partial charge in [-0.15, -0.1) is 0 Å². The fourth-order valence-electron chi connectivity index (χ4n) is 2.58. The molecule has 0 N–H and O–H groups in total. The van der Waals surface area contributed by atoms with Gasteiger partial charge in [0.15, 0.2) is 0 Å². The van der Waals surface area contributed by atoms with Crippen molar-refractivity contribution < 1.29 is 0 Å². The van der Waals surface area contributed by atoms with E-state index < -0.39 is 0 Å². The molecule has 0 radical (unpaired) electrons. The molecule has 3 aliphatic rings. The van der Waals surface area contributed by atoms with Crippen molar-refractivity contribution in [2.45, 2.75) is 39.5 Å². The summed E-state index contributed by atoms with van der Waals surface area (Å²) in [4.78, 5) is 9.24. The molecule has 0 bridgehead atoms. The summed E-state index contributed by atoms with van der Waals surface area (Å²) in [7, 11) is 0. The molecule has 14 heavy (non-hydrogen) atoms. The minimum Gasteiger partial charge on any atom is -0.262 e. The van der Waals surface area contributed by atoms with Gasteiger partial charge in [0.25, 0.3) is 0 Å². The zero-order valence-electron chi connectivity index (χ0n) is 8.72. The number of rotatable bonds is 0. The summed E-state index contributed by atoms with van der Waals surface area (Å²) in [5.74, 6) is 0. The monoisotopic (exact) mass is 186 g/mol. The van der Waals surface area contributed by atoms with Gasteiger partial charge in [0.2, 0.25) is 0 Å². The van der Waals surface area contributed by atoms with Crippen molar-refractivity contribution in [2.24, 2.45) is 9.98 Å². The molecule has 0 spiro atoms. The van der Waals surface area contributed by atoms with Crippen LogP contribution in [0.5, 0.6) is 0 Å². The van der Waals surface area contributed by atoms with Crippen LogP contribution in [0.3, 0.4) is 0 Å². The standard InChI is InChI=1S/C12H14N2/c1-7-5-9-3-4-11-10(12(9)14-7)6-8(2)13-11/h3-6H2,1-2H3. The Morgan fingerprint density at radius 3 is 2.57 bits per heavy atom. The van der Waals surface area contributed by atoms with Crippen LogP contribution in [0.25, 0.3) is 0 Å². The van der Waals surface area contributed by atoms with Crippen LogP contribution in [0.2, 0.25) is 0 Å². The van der Waals surface area contributed by atoms with E-state index in [1.165, 1.54) is 34.8 Å². The summed E-state index contributed by atoms with van der Waals surface area (Å²) in [6.07, 6.45) is 4.44. The Morgan fingerprint density at radius 2 is 1.71 bits per heavy atom. The molecule has 0 atom stereocenters. The zero-order chi connectivity index (χ0) is 9.71. The third kappa shape index (κ3) is 1.03. The third-order valence-corrected chi connectivity index (χ3v) is 3.16. The first-order valence-electron chi connectivity index (χ1n) is 5.27. The van der Waals surface area contributed by atoms with E-state index in [9.17, 15) is 0 Å². The molecule has 0 unspecified atom stereocenters. The van der Waals surface area contributed by atoms with Crippen LogP contribution in [0, 0.1) is 0 Å². The van der Waals surface area contributed by atoms with E-state index in [0.717, 1.165) is 19.3 Å². The van der Waals surface area contributed by atoms with E-state index >= 15 is 0 Å². The molecule has 2 nitrogen and oxygen atoms in total. The van der Waals surface area contributed by atoms with Crippen molar-refractivity contribution in [2.75, 3.05) is 0 Å². The van der Waals surface area contributed by atoms with Crippen LogP contribution in [0.15, 0.2) is 32.5 Å². The van der Waals surface area contributed by atoms with E-state index in [4.69, 9.17) is 0 Å². The van der Waals surface area contributed by atoms with Crippen LogP contribution in [-0.2, 0) is 0 Å². The average Bonchev–Trinajstić information content (AvgIpc) is 2.65. The molecular formula is C12H14N2. The summed E-state index contributed by atoms with van der Waals surface area (Å²) >= 11 is 0. The maximum atomic E-state index is 4.65. The molecule has 0 fully saturated rings. The highest BCUT2D eigenvalue weighted by Crippen LogP contribution is 2.41. The van der Waals surface area contributed by atoms with Crippen LogP contribution < -0.4 is 0 Å². The highest BCUT2D eigenvalue weighted by Gasteiger charge is 2.28. The molecule has 0 aromatic heterocycles. The maximum Gasteiger partial charge on any atom is 0.0678 e. The van der Waals surface area contributed by atoms with E-state index in [-0.39, 0.29) is 0 Å². The molecule has 2 heteroatoms. The van der Waals surface area contributed by atoms with Gasteiger partial charge in [0.1, 0.15) is 0 Å². The molecule has 0 saturated carbocycles. The fraction of sp³-hybridized carbons (Fsp3) is 0.500. The van der Waals surface area contributed by atoms with Gasteiger partial charge >= 0.3 is 0 Å². The number of aliphatic imine (C=N–C) groups is 2. The molecule has 72 valence electrons. The molecule has 2 aliphatic heterocycles. The molecule has 3 rings (SSSR count). The minimum absolute atomic E-state index is 1.03. The van der Waals surface area contributed by atoms with Crippen LogP contribution in [-0.4, -0.2) is 11.4 Å². The molecular weight excluding hydrogens is 172 g/mol. The summed E-state index contributed by atoms with van der Waals surface area (Å²) < 4.78 is 0. The highest BCUT2D eigenvalue weighted by molar-refractivity contribution is 5.93. The van der Waals surface area contributed by atoms with E-state index in [1.54, 1.807) is 5.57 Å². The average molecular weight is 186 g/mol. The van der Waals surface area contributed by atoms with Crippen molar-refractivity contribution >= 4 is 11.4 Å². The fourth-order valence-corrected chi connectivity index (χ4v) is 2.58. The quantitative estimate of drug-likeness (QED) is 0.555. The number of hydrogen-bond acceptors (Lipinski definition) is 2. The third-order valence-electron chi connectivity index (χ3n) is 3.16. The van der Waals surface area contributed by atoms with Crippen molar-refractivity contribution in [3.05, 3.63) is 22.5 Å². The van der Waals surface area contributed by atoms with Crippen molar-refractivity contribution in [3.63, 3.8) is 0 Å². The minimum atomic E-state index is 1.03. The van der Waals surface area contributed by atoms with Crippen LogP contribution in [0.4, 0.5) is 0 Å². The molecule has 0 saturated heterocycles. The SMILES string of the molecule is CC1=NC2=C(C1)C1=C(CC2)CC(C)=N1.